The lowest BCUT2D eigenvalue weighted by atomic mass is 9.95. The first-order chi connectivity index (χ1) is 11.2. The highest BCUT2D eigenvalue weighted by molar-refractivity contribution is 7.99. The predicted octanol–water partition coefficient (Wildman–Crippen LogP) is 5.11. The minimum atomic E-state index is -0.0834. The molecule has 2 aromatic carbocycles. The number of rotatable bonds is 4. The zero-order chi connectivity index (χ0) is 16.2. The summed E-state index contributed by atoms with van der Waals surface area (Å²) >= 11 is 8.14. The SMILES string of the molecule is CCC(C(=O)N1CCSC1c1ccccc1Cl)c1ccccc1. The van der Waals surface area contributed by atoms with E-state index in [-0.39, 0.29) is 17.2 Å². The molecule has 1 heterocycles. The van der Waals surface area contributed by atoms with Crippen LogP contribution in [0.1, 0.15) is 35.8 Å². The van der Waals surface area contributed by atoms with Gasteiger partial charge in [0.15, 0.2) is 0 Å². The van der Waals surface area contributed by atoms with Crippen molar-refractivity contribution in [2.75, 3.05) is 12.3 Å². The van der Waals surface area contributed by atoms with Gasteiger partial charge in [0.05, 0.1) is 5.92 Å². The maximum Gasteiger partial charge on any atom is 0.231 e. The molecule has 1 fully saturated rings. The molecule has 0 spiro atoms. The Morgan fingerprint density at radius 2 is 1.91 bits per heavy atom. The van der Waals surface area contributed by atoms with Crippen molar-refractivity contribution in [2.24, 2.45) is 0 Å². The highest BCUT2D eigenvalue weighted by Crippen LogP contribution is 2.42. The van der Waals surface area contributed by atoms with E-state index in [2.05, 4.69) is 6.92 Å². The quantitative estimate of drug-likeness (QED) is 0.767. The number of halogens is 1. The summed E-state index contributed by atoms with van der Waals surface area (Å²) in [6.07, 6.45) is 0.805. The molecule has 23 heavy (non-hydrogen) atoms. The summed E-state index contributed by atoms with van der Waals surface area (Å²) in [7, 11) is 0. The zero-order valence-electron chi connectivity index (χ0n) is 13.1. The minimum Gasteiger partial charge on any atom is -0.325 e. The Hall–Kier alpha value is -1.45. The summed E-state index contributed by atoms with van der Waals surface area (Å²) in [4.78, 5) is 15.1. The fourth-order valence-electron chi connectivity index (χ4n) is 3.07. The van der Waals surface area contributed by atoms with E-state index < -0.39 is 0 Å². The molecule has 2 atom stereocenters. The van der Waals surface area contributed by atoms with Crippen LogP contribution < -0.4 is 0 Å². The summed E-state index contributed by atoms with van der Waals surface area (Å²) < 4.78 is 0. The second-order valence-electron chi connectivity index (χ2n) is 5.65. The smallest absolute Gasteiger partial charge is 0.231 e. The molecule has 2 aromatic rings. The summed E-state index contributed by atoms with van der Waals surface area (Å²) in [5.74, 6) is 1.07. The summed E-state index contributed by atoms with van der Waals surface area (Å²) in [5, 5.41) is 0.756. The van der Waals surface area contributed by atoms with Crippen LogP contribution in [0.5, 0.6) is 0 Å². The lowest BCUT2D eigenvalue weighted by Crippen LogP contribution is -2.34. The van der Waals surface area contributed by atoms with Gasteiger partial charge in [-0.1, -0.05) is 67.1 Å². The van der Waals surface area contributed by atoms with Crippen molar-refractivity contribution < 1.29 is 4.79 Å². The van der Waals surface area contributed by atoms with Crippen LogP contribution in [0.4, 0.5) is 0 Å². The lowest BCUT2D eigenvalue weighted by molar-refractivity contribution is -0.133. The summed E-state index contributed by atoms with van der Waals surface area (Å²) in [5.41, 5.74) is 2.13. The Kier molecular flexibility index (Phi) is 5.29. The van der Waals surface area contributed by atoms with E-state index in [4.69, 9.17) is 11.6 Å². The van der Waals surface area contributed by atoms with Crippen LogP contribution in [0, 0.1) is 0 Å². The van der Waals surface area contributed by atoms with E-state index in [1.165, 1.54) is 0 Å². The van der Waals surface area contributed by atoms with Gasteiger partial charge in [-0.2, -0.15) is 0 Å². The van der Waals surface area contributed by atoms with Gasteiger partial charge >= 0.3 is 0 Å². The molecule has 1 amide bonds. The van der Waals surface area contributed by atoms with E-state index in [1.807, 2.05) is 59.5 Å². The molecule has 0 aliphatic carbocycles. The number of nitrogens with zero attached hydrogens (tertiary/aromatic N) is 1. The van der Waals surface area contributed by atoms with Crippen molar-refractivity contribution >= 4 is 29.3 Å². The van der Waals surface area contributed by atoms with Gasteiger partial charge in [-0.3, -0.25) is 4.79 Å². The van der Waals surface area contributed by atoms with Crippen LogP contribution in [0.3, 0.4) is 0 Å². The van der Waals surface area contributed by atoms with E-state index in [1.54, 1.807) is 11.8 Å². The molecule has 0 N–H and O–H groups in total. The molecule has 0 aromatic heterocycles. The Labute approximate surface area is 146 Å². The molecular formula is C19H20ClNOS. The Morgan fingerprint density at radius 1 is 1.22 bits per heavy atom. The average Bonchev–Trinajstić information content (AvgIpc) is 3.06. The molecule has 2 nitrogen and oxygen atoms in total. The maximum absolute atomic E-state index is 13.1. The third-order valence-electron chi connectivity index (χ3n) is 4.25. The molecule has 0 bridgehead atoms. The normalized spacial score (nSPS) is 18.9. The topological polar surface area (TPSA) is 20.3 Å². The zero-order valence-corrected chi connectivity index (χ0v) is 14.7. The lowest BCUT2D eigenvalue weighted by Gasteiger charge is -2.28. The van der Waals surface area contributed by atoms with Crippen molar-refractivity contribution in [3.8, 4) is 0 Å². The van der Waals surface area contributed by atoms with Gasteiger partial charge in [0.25, 0.3) is 0 Å². The first-order valence-electron chi connectivity index (χ1n) is 7.93. The monoisotopic (exact) mass is 345 g/mol. The minimum absolute atomic E-state index is 0.0222. The van der Waals surface area contributed by atoms with Gasteiger partial charge in [0.2, 0.25) is 5.91 Å². The van der Waals surface area contributed by atoms with Crippen molar-refractivity contribution in [2.45, 2.75) is 24.6 Å². The van der Waals surface area contributed by atoms with E-state index in [0.29, 0.717) is 0 Å². The van der Waals surface area contributed by atoms with Crippen molar-refractivity contribution in [1.29, 1.82) is 0 Å². The number of hydrogen-bond donors (Lipinski definition) is 0. The van der Waals surface area contributed by atoms with Crippen molar-refractivity contribution in [3.63, 3.8) is 0 Å². The molecule has 1 aliphatic heterocycles. The molecule has 0 saturated carbocycles. The highest BCUT2D eigenvalue weighted by Gasteiger charge is 2.35. The molecule has 120 valence electrons. The molecule has 3 rings (SSSR count). The number of benzene rings is 2. The van der Waals surface area contributed by atoms with Crippen LogP contribution in [0.2, 0.25) is 5.02 Å². The molecule has 2 unspecified atom stereocenters. The first-order valence-corrected chi connectivity index (χ1v) is 9.36. The van der Waals surface area contributed by atoms with Crippen LogP contribution in [-0.2, 0) is 4.79 Å². The Bertz CT molecular complexity index is 676. The number of hydrogen-bond acceptors (Lipinski definition) is 2. The number of thioether (sulfide) groups is 1. The summed E-state index contributed by atoms with van der Waals surface area (Å²) in [6.45, 7) is 2.85. The van der Waals surface area contributed by atoms with Gasteiger partial charge in [-0.05, 0) is 18.1 Å². The van der Waals surface area contributed by atoms with Crippen molar-refractivity contribution in [1.82, 2.24) is 4.90 Å². The van der Waals surface area contributed by atoms with E-state index >= 15 is 0 Å². The van der Waals surface area contributed by atoms with Gasteiger partial charge in [-0.25, -0.2) is 0 Å². The van der Waals surface area contributed by atoms with E-state index in [0.717, 1.165) is 34.9 Å². The third-order valence-corrected chi connectivity index (χ3v) is 5.84. The van der Waals surface area contributed by atoms with Crippen molar-refractivity contribution in [3.05, 3.63) is 70.7 Å². The van der Waals surface area contributed by atoms with Gasteiger partial charge in [0, 0.05) is 22.9 Å². The Morgan fingerprint density at radius 3 is 2.61 bits per heavy atom. The fourth-order valence-corrected chi connectivity index (χ4v) is 4.67. The predicted molar refractivity (Wildman–Crippen MR) is 97.8 cm³/mol. The molecule has 1 saturated heterocycles. The van der Waals surface area contributed by atoms with Gasteiger partial charge < -0.3 is 4.90 Å². The summed E-state index contributed by atoms with van der Waals surface area (Å²) in [6, 6.07) is 17.9. The number of amides is 1. The average molecular weight is 346 g/mol. The second-order valence-corrected chi connectivity index (χ2v) is 7.24. The van der Waals surface area contributed by atoms with Gasteiger partial charge in [0.1, 0.15) is 5.37 Å². The Balaban J connectivity index is 1.87. The van der Waals surface area contributed by atoms with Crippen LogP contribution >= 0.6 is 23.4 Å². The highest BCUT2D eigenvalue weighted by atomic mass is 35.5. The molecule has 1 aliphatic rings. The van der Waals surface area contributed by atoms with Crippen LogP contribution in [0.15, 0.2) is 54.6 Å². The fraction of sp³-hybridized carbons (Fsp3) is 0.316. The maximum atomic E-state index is 13.1. The standard InChI is InChI=1S/C19H20ClNOS/c1-2-15(14-8-4-3-5-9-14)18(22)21-12-13-23-19(21)16-10-6-7-11-17(16)20/h3-11,15,19H,2,12-13H2,1H3. The number of carbonyl (C=O) groups excluding carboxylic acids is 1. The molecule has 4 heteroatoms. The second kappa shape index (κ2) is 7.41. The number of carbonyl (C=O) groups is 1. The first kappa shape index (κ1) is 16.4. The van der Waals surface area contributed by atoms with Crippen LogP contribution in [-0.4, -0.2) is 23.1 Å². The molecule has 0 radical (unpaired) electrons. The van der Waals surface area contributed by atoms with Crippen LogP contribution in [0.25, 0.3) is 0 Å². The largest absolute Gasteiger partial charge is 0.325 e. The van der Waals surface area contributed by atoms with Gasteiger partial charge in [-0.15, -0.1) is 11.8 Å². The van der Waals surface area contributed by atoms with E-state index in [9.17, 15) is 4.79 Å². The molecular weight excluding hydrogens is 326 g/mol. The third kappa shape index (κ3) is 3.41.